The summed E-state index contributed by atoms with van der Waals surface area (Å²) in [4.78, 5) is 11.3. The van der Waals surface area contributed by atoms with Crippen LogP contribution < -0.4 is 34.7 Å². The van der Waals surface area contributed by atoms with Crippen molar-refractivity contribution in [2.24, 2.45) is 40.4 Å². The predicted octanol–water partition coefficient (Wildman–Crippen LogP) is -2.03. The fraction of sp³-hybridized carbons (Fsp3) is 0.963. The van der Waals surface area contributed by atoms with Crippen LogP contribution in [0, 0.1) is 40.4 Å². The fourth-order valence-corrected chi connectivity index (χ4v) is 9.31. The molecule has 6 unspecified atom stereocenters. The zero-order valence-electron chi connectivity index (χ0n) is 22.4. The molecule has 5 fully saturated rings. The van der Waals surface area contributed by atoms with Crippen molar-refractivity contribution in [3.05, 3.63) is 0 Å². The van der Waals surface area contributed by atoms with Crippen molar-refractivity contribution in [1.82, 2.24) is 0 Å². The van der Waals surface area contributed by atoms with Gasteiger partial charge in [0, 0.05) is 0 Å². The third kappa shape index (κ3) is 4.35. The Morgan fingerprint density at radius 3 is 2.28 bits per heavy atom. The molecule has 4 aliphatic carbocycles. The molecule has 0 aromatic rings. The molecule has 0 bridgehead atoms. The molecule has 5 aliphatic rings. The van der Waals surface area contributed by atoms with Gasteiger partial charge in [0.1, 0.15) is 24.4 Å². The minimum atomic E-state index is -1.77. The molecule has 9 heteroatoms. The van der Waals surface area contributed by atoms with Crippen LogP contribution in [0.25, 0.3) is 0 Å². The van der Waals surface area contributed by atoms with Crippen molar-refractivity contribution >= 4 is 5.97 Å². The Morgan fingerprint density at radius 2 is 1.61 bits per heavy atom. The number of carboxylic acid groups (broad SMARTS) is 1. The largest absolute Gasteiger partial charge is 1.00 e. The third-order valence-electron chi connectivity index (χ3n) is 11.7. The van der Waals surface area contributed by atoms with Gasteiger partial charge in [0.15, 0.2) is 6.29 Å². The SMILES string of the molecule is CC1C[C@@H]2C[C@H](O[C@@H]3OC(C(=O)[O-])[C@@H](O)[C@@H](O)C3O)CC[C@]2(C)C2CC[C@@]3(C)C(CC[C@]3(C)O)C12.[Na+]. The molecule has 0 aromatic heterocycles. The van der Waals surface area contributed by atoms with E-state index in [0.29, 0.717) is 29.6 Å². The van der Waals surface area contributed by atoms with E-state index in [1.165, 1.54) is 0 Å². The van der Waals surface area contributed by atoms with Crippen molar-refractivity contribution in [1.29, 1.82) is 0 Å². The summed E-state index contributed by atoms with van der Waals surface area (Å²) >= 11 is 0. The molecular weight excluding hydrogens is 475 g/mol. The van der Waals surface area contributed by atoms with Gasteiger partial charge >= 0.3 is 29.6 Å². The van der Waals surface area contributed by atoms with E-state index in [1.54, 1.807) is 0 Å². The molecular formula is C27H43NaO8. The number of rotatable bonds is 3. The van der Waals surface area contributed by atoms with Gasteiger partial charge in [0.2, 0.25) is 0 Å². The van der Waals surface area contributed by atoms with Gasteiger partial charge in [0.25, 0.3) is 0 Å². The summed E-state index contributed by atoms with van der Waals surface area (Å²) in [5, 5.41) is 53.0. The summed E-state index contributed by atoms with van der Waals surface area (Å²) < 4.78 is 11.4. The molecule has 4 saturated carbocycles. The Bertz CT molecular complexity index is 839. The summed E-state index contributed by atoms with van der Waals surface area (Å²) in [6, 6.07) is 0. The fourth-order valence-electron chi connectivity index (χ4n) is 9.31. The van der Waals surface area contributed by atoms with Crippen LogP contribution in [-0.2, 0) is 14.3 Å². The molecule has 1 heterocycles. The number of hydrogen-bond donors (Lipinski definition) is 4. The van der Waals surface area contributed by atoms with Gasteiger partial charge in [-0.25, -0.2) is 0 Å². The maximum absolute atomic E-state index is 11.3. The minimum absolute atomic E-state index is 0. The summed E-state index contributed by atoms with van der Waals surface area (Å²) in [6.07, 6.45) is -0.450. The number of carboxylic acids is 1. The Morgan fingerprint density at radius 1 is 0.944 bits per heavy atom. The first kappa shape index (κ1) is 29.2. The summed E-state index contributed by atoms with van der Waals surface area (Å²) in [6.45, 7) is 9.16. The number of ether oxygens (including phenoxy) is 2. The van der Waals surface area contributed by atoms with Crippen LogP contribution in [0.15, 0.2) is 0 Å². The predicted molar refractivity (Wildman–Crippen MR) is 123 cm³/mol. The summed E-state index contributed by atoms with van der Waals surface area (Å²) in [5.74, 6) is 1.13. The first-order valence-corrected chi connectivity index (χ1v) is 13.6. The van der Waals surface area contributed by atoms with Gasteiger partial charge in [-0.15, -0.1) is 0 Å². The summed E-state index contributed by atoms with van der Waals surface area (Å²) in [5.41, 5.74) is -0.419. The van der Waals surface area contributed by atoms with E-state index in [4.69, 9.17) is 9.47 Å². The zero-order valence-corrected chi connectivity index (χ0v) is 24.4. The smallest absolute Gasteiger partial charge is 0.547 e. The van der Waals surface area contributed by atoms with E-state index in [9.17, 15) is 30.3 Å². The van der Waals surface area contributed by atoms with Crippen molar-refractivity contribution in [2.45, 2.75) is 121 Å². The van der Waals surface area contributed by atoms with Gasteiger partial charge in [-0.3, -0.25) is 0 Å². The van der Waals surface area contributed by atoms with Crippen molar-refractivity contribution in [3.8, 4) is 0 Å². The monoisotopic (exact) mass is 518 g/mol. The van der Waals surface area contributed by atoms with Gasteiger partial charge in [-0.2, -0.15) is 0 Å². The maximum atomic E-state index is 11.3. The standard InChI is InChI=1S/C27H44O8.Na/c1-13-11-14-12-15(34-24-21(30)19(28)20(29)22(35-24)23(31)32)5-8-25(14,2)16-6-9-26(3)17(18(13)16)7-10-27(26,4)33;/h13-22,24,28-30,33H,5-12H2,1-4H3,(H,31,32);/q;+1/p-1/t13?,14-,15-,16?,17?,18?,19-,20+,21?,22?,24-,25+,26+,27+;/m1./s1. The maximum Gasteiger partial charge on any atom is 1.00 e. The average molecular weight is 519 g/mol. The molecule has 14 atom stereocenters. The van der Waals surface area contributed by atoms with E-state index in [1.807, 2.05) is 6.92 Å². The van der Waals surface area contributed by atoms with Crippen molar-refractivity contribution in [3.63, 3.8) is 0 Å². The molecule has 4 N–H and O–H groups in total. The molecule has 0 radical (unpaired) electrons. The summed E-state index contributed by atoms with van der Waals surface area (Å²) in [7, 11) is 0. The molecule has 0 aromatic carbocycles. The first-order chi connectivity index (χ1) is 16.3. The Kier molecular flexibility index (Phi) is 8.12. The Balaban J connectivity index is 0.00000304. The number of hydrogen-bond acceptors (Lipinski definition) is 8. The van der Waals surface area contributed by atoms with Gasteiger partial charge < -0.3 is 39.8 Å². The molecule has 1 aliphatic heterocycles. The van der Waals surface area contributed by atoms with Crippen LogP contribution in [0.4, 0.5) is 0 Å². The first-order valence-electron chi connectivity index (χ1n) is 13.6. The Labute approximate surface area is 236 Å². The van der Waals surface area contributed by atoms with E-state index >= 15 is 0 Å². The van der Waals surface area contributed by atoms with Crippen LogP contribution in [0.2, 0.25) is 0 Å². The number of carbonyl (C=O) groups is 1. The zero-order chi connectivity index (χ0) is 25.5. The number of fused-ring (bicyclic) bond motifs is 5. The van der Waals surface area contributed by atoms with E-state index < -0.39 is 42.3 Å². The molecule has 1 saturated heterocycles. The minimum Gasteiger partial charge on any atom is -0.547 e. The van der Waals surface area contributed by atoms with Gasteiger partial charge in [0.05, 0.1) is 17.7 Å². The Hall–Kier alpha value is 0.230. The second-order valence-corrected chi connectivity index (χ2v) is 13.2. The average Bonchev–Trinajstić information content (AvgIpc) is 3.04. The topological polar surface area (TPSA) is 140 Å². The number of carbonyl (C=O) groups excluding carboxylic acids is 1. The molecule has 8 nitrogen and oxygen atoms in total. The normalized spacial score (nSPS) is 56.6. The number of aliphatic hydroxyl groups is 4. The number of aliphatic carboxylic acids is 1. The molecule has 200 valence electrons. The second-order valence-electron chi connectivity index (χ2n) is 13.2. The van der Waals surface area contributed by atoms with E-state index in [-0.39, 0.29) is 46.5 Å². The molecule has 0 amide bonds. The number of aliphatic hydroxyl groups excluding tert-OH is 3. The van der Waals surface area contributed by atoms with Crippen LogP contribution in [0.1, 0.15) is 79.1 Å². The molecule has 0 spiro atoms. The van der Waals surface area contributed by atoms with Gasteiger partial charge in [-0.05, 0) is 98.7 Å². The van der Waals surface area contributed by atoms with Crippen molar-refractivity contribution < 1.29 is 69.4 Å². The van der Waals surface area contributed by atoms with Crippen LogP contribution in [0.5, 0.6) is 0 Å². The van der Waals surface area contributed by atoms with Crippen LogP contribution in [-0.4, -0.2) is 68.8 Å². The van der Waals surface area contributed by atoms with Crippen molar-refractivity contribution in [2.75, 3.05) is 0 Å². The molecule has 5 rings (SSSR count). The quantitative estimate of drug-likeness (QED) is 0.248. The third-order valence-corrected chi connectivity index (χ3v) is 11.7. The van der Waals surface area contributed by atoms with Gasteiger partial charge in [-0.1, -0.05) is 20.8 Å². The van der Waals surface area contributed by atoms with Crippen LogP contribution in [0.3, 0.4) is 0 Å². The van der Waals surface area contributed by atoms with E-state index in [0.717, 1.165) is 51.4 Å². The van der Waals surface area contributed by atoms with Crippen LogP contribution >= 0.6 is 0 Å². The second kappa shape index (κ2) is 10.0. The molecule has 36 heavy (non-hydrogen) atoms. The van der Waals surface area contributed by atoms with E-state index in [2.05, 4.69) is 20.8 Å².